The summed E-state index contributed by atoms with van der Waals surface area (Å²) in [5.41, 5.74) is 0. The quantitative estimate of drug-likeness (QED) is 0.683. The van der Waals surface area contributed by atoms with E-state index in [1.165, 1.54) is 0 Å². The van der Waals surface area contributed by atoms with Crippen LogP contribution < -0.4 is 5.32 Å². The smallest absolute Gasteiger partial charge is 0.240 e. The molecule has 0 bridgehead atoms. The Hall–Kier alpha value is -0.650. The van der Waals surface area contributed by atoms with Crippen LogP contribution in [0, 0.1) is 0 Å². The summed E-state index contributed by atoms with van der Waals surface area (Å²) < 4.78 is 0. The molecule has 2 aliphatic heterocycles. The molecule has 2 fully saturated rings. The molecule has 2 rings (SSSR count). The van der Waals surface area contributed by atoms with Gasteiger partial charge in [-0.25, -0.2) is 0 Å². The summed E-state index contributed by atoms with van der Waals surface area (Å²) in [6, 6.07) is 0.0876. The molecule has 0 aromatic rings. The molecule has 5 nitrogen and oxygen atoms in total. The van der Waals surface area contributed by atoms with E-state index in [0.717, 1.165) is 45.6 Å². The summed E-state index contributed by atoms with van der Waals surface area (Å²) in [6.07, 6.45) is 2.00. The van der Waals surface area contributed by atoms with Crippen molar-refractivity contribution in [2.45, 2.75) is 31.8 Å². The summed E-state index contributed by atoms with van der Waals surface area (Å²) in [4.78, 5) is 16.5. The number of rotatable bonds is 3. The van der Waals surface area contributed by atoms with Crippen LogP contribution in [-0.2, 0) is 4.79 Å². The van der Waals surface area contributed by atoms with Crippen molar-refractivity contribution in [1.82, 2.24) is 15.1 Å². The highest BCUT2D eigenvalue weighted by atomic mass is 16.3. The third-order valence-electron chi connectivity index (χ3n) is 3.84. The van der Waals surface area contributed by atoms with Crippen LogP contribution in [-0.4, -0.2) is 72.2 Å². The normalized spacial score (nSPS) is 28.4. The van der Waals surface area contributed by atoms with Crippen molar-refractivity contribution < 1.29 is 9.90 Å². The lowest BCUT2D eigenvalue weighted by Gasteiger charge is -2.34. The van der Waals surface area contributed by atoms with Crippen molar-refractivity contribution in [2.75, 3.05) is 39.3 Å². The highest BCUT2D eigenvalue weighted by molar-refractivity contribution is 5.82. The van der Waals surface area contributed by atoms with Gasteiger partial charge >= 0.3 is 0 Å². The summed E-state index contributed by atoms with van der Waals surface area (Å²) in [7, 11) is 0. The van der Waals surface area contributed by atoms with Crippen LogP contribution in [0.1, 0.15) is 19.8 Å². The number of likely N-dealkylation sites (tertiary alicyclic amines) is 1. The van der Waals surface area contributed by atoms with Gasteiger partial charge in [0.05, 0.1) is 12.6 Å². The standard InChI is InChI=1S/C12H23N3O2/c1-10(9-16)15-6-2-3-11(15)12(17)14-7-4-13-5-8-14/h10-11,13,16H,2-9H2,1H3. The number of carbonyl (C=O) groups is 1. The first-order chi connectivity index (χ1) is 8.24. The number of amides is 1. The molecule has 2 aliphatic rings. The van der Waals surface area contributed by atoms with Gasteiger partial charge < -0.3 is 15.3 Å². The second-order valence-electron chi connectivity index (χ2n) is 5.00. The summed E-state index contributed by atoms with van der Waals surface area (Å²) in [5.74, 6) is 0.254. The first-order valence-corrected chi connectivity index (χ1v) is 6.60. The topological polar surface area (TPSA) is 55.8 Å². The van der Waals surface area contributed by atoms with Crippen molar-refractivity contribution in [3.63, 3.8) is 0 Å². The highest BCUT2D eigenvalue weighted by Crippen LogP contribution is 2.22. The van der Waals surface area contributed by atoms with Gasteiger partial charge in [0.15, 0.2) is 0 Å². The highest BCUT2D eigenvalue weighted by Gasteiger charge is 2.36. The minimum atomic E-state index is -0.00440. The molecule has 98 valence electrons. The number of carbonyl (C=O) groups excluding carboxylic acids is 1. The van der Waals surface area contributed by atoms with E-state index in [-0.39, 0.29) is 24.6 Å². The number of piperazine rings is 1. The minimum absolute atomic E-state index is 0.00440. The summed E-state index contributed by atoms with van der Waals surface area (Å²) in [6.45, 7) is 6.48. The molecule has 0 aliphatic carbocycles. The zero-order valence-electron chi connectivity index (χ0n) is 10.6. The van der Waals surface area contributed by atoms with Crippen LogP contribution in [0.2, 0.25) is 0 Å². The predicted molar refractivity (Wildman–Crippen MR) is 65.7 cm³/mol. The zero-order valence-corrected chi connectivity index (χ0v) is 10.6. The van der Waals surface area contributed by atoms with Crippen LogP contribution in [0.15, 0.2) is 0 Å². The van der Waals surface area contributed by atoms with Crippen LogP contribution in [0.5, 0.6) is 0 Å². The molecule has 0 spiro atoms. The monoisotopic (exact) mass is 241 g/mol. The van der Waals surface area contributed by atoms with E-state index in [1.54, 1.807) is 0 Å². The van der Waals surface area contributed by atoms with E-state index >= 15 is 0 Å². The Kier molecular flexibility index (Phi) is 4.36. The van der Waals surface area contributed by atoms with Gasteiger partial charge in [-0.05, 0) is 26.3 Å². The maximum Gasteiger partial charge on any atom is 0.240 e. The first kappa shape index (κ1) is 12.8. The van der Waals surface area contributed by atoms with Gasteiger partial charge in [0, 0.05) is 32.2 Å². The van der Waals surface area contributed by atoms with Crippen molar-refractivity contribution in [2.24, 2.45) is 0 Å². The molecule has 0 aromatic carbocycles. The van der Waals surface area contributed by atoms with Crippen LogP contribution in [0.25, 0.3) is 0 Å². The lowest BCUT2D eigenvalue weighted by atomic mass is 10.1. The van der Waals surface area contributed by atoms with E-state index in [2.05, 4.69) is 10.2 Å². The van der Waals surface area contributed by atoms with E-state index in [0.29, 0.717) is 0 Å². The van der Waals surface area contributed by atoms with Crippen molar-refractivity contribution in [3.05, 3.63) is 0 Å². The number of nitrogens with zero attached hydrogens (tertiary/aromatic N) is 2. The minimum Gasteiger partial charge on any atom is -0.395 e. The maximum atomic E-state index is 12.4. The number of hydrogen-bond acceptors (Lipinski definition) is 4. The number of nitrogens with one attached hydrogen (secondary N) is 1. The third kappa shape index (κ3) is 2.78. The van der Waals surface area contributed by atoms with Crippen molar-refractivity contribution in [3.8, 4) is 0 Å². The molecule has 0 saturated carbocycles. The molecule has 0 radical (unpaired) electrons. The molecular formula is C12H23N3O2. The van der Waals surface area contributed by atoms with E-state index in [1.807, 2.05) is 11.8 Å². The number of hydrogen-bond donors (Lipinski definition) is 2. The Morgan fingerprint density at radius 1 is 1.41 bits per heavy atom. The van der Waals surface area contributed by atoms with Gasteiger partial charge in [0.2, 0.25) is 5.91 Å². The molecule has 2 saturated heterocycles. The van der Waals surface area contributed by atoms with Gasteiger partial charge in [-0.15, -0.1) is 0 Å². The Balaban J connectivity index is 1.97. The molecule has 17 heavy (non-hydrogen) atoms. The molecule has 1 amide bonds. The molecule has 2 N–H and O–H groups in total. The predicted octanol–water partition coefficient (Wildman–Crippen LogP) is -0.737. The SMILES string of the molecule is CC(CO)N1CCCC1C(=O)N1CCNCC1. The lowest BCUT2D eigenvalue weighted by Crippen LogP contribution is -2.54. The summed E-state index contributed by atoms with van der Waals surface area (Å²) >= 11 is 0. The average Bonchev–Trinajstić information content (AvgIpc) is 2.87. The Labute approximate surface area is 103 Å². The third-order valence-corrected chi connectivity index (χ3v) is 3.84. The van der Waals surface area contributed by atoms with Gasteiger partial charge in [0.25, 0.3) is 0 Å². The molecule has 2 heterocycles. The fourth-order valence-corrected chi connectivity index (χ4v) is 2.78. The van der Waals surface area contributed by atoms with Crippen molar-refractivity contribution in [1.29, 1.82) is 0 Å². The van der Waals surface area contributed by atoms with Crippen LogP contribution in [0.3, 0.4) is 0 Å². The second-order valence-corrected chi connectivity index (χ2v) is 5.00. The average molecular weight is 241 g/mol. The van der Waals surface area contributed by atoms with Crippen LogP contribution >= 0.6 is 0 Å². The fourth-order valence-electron chi connectivity index (χ4n) is 2.78. The fraction of sp³-hybridized carbons (Fsp3) is 0.917. The van der Waals surface area contributed by atoms with Crippen LogP contribution in [0.4, 0.5) is 0 Å². The Morgan fingerprint density at radius 3 is 2.76 bits per heavy atom. The largest absolute Gasteiger partial charge is 0.395 e. The van der Waals surface area contributed by atoms with E-state index in [9.17, 15) is 9.90 Å². The molecule has 5 heteroatoms. The molecule has 2 atom stereocenters. The Bertz CT molecular complexity index is 266. The maximum absolute atomic E-state index is 12.4. The van der Waals surface area contributed by atoms with E-state index < -0.39 is 0 Å². The van der Waals surface area contributed by atoms with Gasteiger partial charge in [-0.1, -0.05) is 0 Å². The van der Waals surface area contributed by atoms with Gasteiger partial charge in [0.1, 0.15) is 0 Å². The molecular weight excluding hydrogens is 218 g/mol. The molecule has 0 aromatic heterocycles. The van der Waals surface area contributed by atoms with Crippen molar-refractivity contribution >= 4 is 5.91 Å². The first-order valence-electron chi connectivity index (χ1n) is 6.60. The Morgan fingerprint density at radius 2 is 2.12 bits per heavy atom. The summed E-state index contributed by atoms with van der Waals surface area (Å²) in [5, 5.41) is 12.5. The van der Waals surface area contributed by atoms with Gasteiger partial charge in [-0.3, -0.25) is 9.69 Å². The zero-order chi connectivity index (χ0) is 12.3. The number of aliphatic hydroxyl groups is 1. The van der Waals surface area contributed by atoms with Gasteiger partial charge in [-0.2, -0.15) is 0 Å². The molecule has 2 unspecified atom stereocenters. The number of aliphatic hydroxyl groups excluding tert-OH is 1. The second kappa shape index (κ2) is 5.80. The lowest BCUT2D eigenvalue weighted by molar-refractivity contribution is -0.137. The van der Waals surface area contributed by atoms with E-state index in [4.69, 9.17) is 0 Å².